The van der Waals surface area contributed by atoms with Crippen molar-refractivity contribution in [3.8, 4) is 0 Å². The normalized spacial score (nSPS) is 20.0. The Balaban J connectivity index is 1.42. The topological polar surface area (TPSA) is 108 Å². The molecule has 2 aromatic rings. The van der Waals surface area contributed by atoms with Gasteiger partial charge in [0.15, 0.2) is 0 Å². The van der Waals surface area contributed by atoms with E-state index in [4.69, 9.17) is 0 Å². The summed E-state index contributed by atoms with van der Waals surface area (Å²) in [6.07, 6.45) is 1.22. The molecule has 30 heavy (non-hydrogen) atoms. The molecule has 0 radical (unpaired) electrons. The van der Waals surface area contributed by atoms with Gasteiger partial charge in [0.1, 0.15) is 6.04 Å². The Hall–Kier alpha value is -3.68. The first-order chi connectivity index (χ1) is 14.5. The molecule has 1 saturated heterocycles. The van der Waals surface area contributed by atoms with Crippen LogP contribution in [0.15, 0.2) is 36.4 Å². The summed E-state index contributed by atoms with van der Waals surface area (Å²) < 4.78 is 0. The van der Waals surface area contributed by atoms with Crippen LogP contribution in [-0.2, 0) is 22.6 Å². The van der Waals surface area contributed by atoms with Gasteiger partial charge in [-0.1, -0.05) is 24.3 Å². The van der Waals surface area contributed by atoms with Gasteiger partial charge in [-0.2, -0.15) is 0 Å². The van der Waals surface area contributed by atoms with Crippen LogP contribution in [0.2, 0.25) is 0 Å². The third-order valence-corrected chi connectivity index (χ3v) is 5.87. The molecule has 5 rings (SSSR count). The minimum Gasteiger partial charge on any atom is -0.383 e. The van der Waals surface area contributed by atoms with Crippen molar-refractivity contribution in [1.29, 1.82) is 0 Å². The first kappa shape index (κ1) is 18.4. The van der Waals surface area contributed by atoms with Crippen molar-refractivity contribution in [2.75, 3.05) is 17.2 Å². The number of anilines is 2. The molecule has 152 valence electrons. The summed E-state index contributed by atoms with van der Waals surface area (Å²) in [6, 6.07) is 10.2. The quantitative estimate of drug-likeness (QED) is 0.669. The van der Waals surface area contributed by atoms with Crippen LogP contribution in [-0.4, -0.2) is 41.1 Å². The predicted octanol–water partition coefficient (Wildman–Crippen LogP) is 1.67. The number of hydrogen-bond donors (Lipinski definition) is 3. The number of carbonyl (C=O) groups excluding carboxylic acids is 4. The van der Waals surface area contributed by atoms with Gasteiger partial charge in [-0.05, 0) is 36.1 Å². The minimum absolute atomic E-state index is 0.102. The van der Waals surface area contributed by atoms with Crippen molar-refractivity contribution < 1.29 is 19.2 Å². The highest BCUT2D eigenvalue weighted by Gasteiger charge is 2.45. The van der Waals surface area contributed by atoms with Gasteiger partial charge < -0.3 is 10.6 Å². The van der Waals surface area contributed by atoms with E-state index in [1.807, 2.05) is 18.2 Å². The zero-order valence-corrected chi connectivity index (χ0v) is 16.2. The van der Waals surface area contributed by atoms with Crippen molar-refractivity contribution in [1.82, 2.24) is 10.2 Å². The van der Waals surface area contributed by atoms with Crippen LogP contribution in [0.4, 0.5) is 11.4 Å². The first-order valence-electron chi connectivity index (χ1n) is 9.97. The number of nitrogens with one attached hydrogen (secondary N) is 3. The van der Waals surface area contributed by atoms with E-state index in [0.29, 0.717) is 23.2 Å². The zero-order chi connectivity index (χ0) is 20.8. The lowest BCUT2D eigenvalue weighted by Gasteiger charge is -2.27. The Labute approximate surface area is 172 Å². The second kappa shape index (κ2) is 6.98. The van der Waals surface area contributed by atoms with Crippen LogP contribution >= 0.6 is 0 Å². The Morgan fingerprint density at radius 2 is 1.83 bits per heavy atom. The molecule has 8 nitrogen and oxygen atoms in total. The summed E-state index contributed by atoms with van der Waals surface area (Å²) >= 11 is 0. The number of para-hydroxylation sites is 1. The van der Waals surface area contributed by atoms with E-state index in [1.165, 1.54) is 5.56 Å². The molecule has 8 heteroatoms. The van der Waals surface area contributed by atoms with Gasteiger partial charge in [0, 0.05) is 19.5 Å². The molecule has 1 fully saturated rings. The highest BCUT2D eigenvalue weighted by molar-refractivity contribution is 6.24. The van der Waals surface area contributed by atoms with Gasteiger partial charge in [0.25, 0.3) is 11.8 Å². The van der Waals surface area contributed by atoms with Crippen LogP contribution in [0.5, 0.6) is 0 Å². The number of hydrogen-bond acceptors (Lipinski definition) is 6. The monoisotopic (exact) mass is 404 g/mol. The van der Waals surface area contributed by atoms with Crippen LogP contribution < -0.4 is 16.0 Å². The molecule has 0 spiro atoms. The van der Waals surface area contributed by atoms with Crippen LogP contribution in [0, 0.1) is 0 Å². The lowest BCUT2D eigenvalue weighted by Crippen LogP contribution is -2.54. The minimum atomic E-state index is -0.961. The number of rotatable bonds is 4. The summed E-state index contributed by atoms with van der Waals surface area (Å²) in [5.41, 5.74) is 4.56. The van der Waals surface area contributed by atoms with Gasteiger partial charge in [0.2, 0.25) is 11.8 Å². The maximum Gasteiger partial charge on any atom is 0.262 e. The maximum absolute atomic E-state index is 13.2. The number of fused-ring (bicyclic) bond motifs is 2. The molecule has 3 aliphatic heterocycles. The molecule has 0 bridgehead atoms. The molecule has 3 aliphatic rings. The largest absolute Gasteiger partial charge is 0.383 e. The van der Waals surface area contributed by atoms with Crippen LogP contribution in [0.3, 0.4) is 0 Å². The number of imide groups is 2. The SMILES string of the molecule is O=C1CCC(N2C(=O)c3cccc(CNc4cccc5c4NCC5)c3C2=O)C(=O)N1. The number of nitrogens with zero attached hydrogens (tertiary/aromatic N) is 1. The molecule has 3 heterocycles. The number of piperidine rings is 1. The average Bonchev–Trinajstić information content (AvgIpc) is 3.31. The average molecular weight is 404 g/mol. The van der Waals surface area contributed by atoms with E-state index in [2.05, 4.69) is 22.0 Å². The maximum atomic E-state index is 13.2. The number of benzene rings is 2. The van der Waals surface area contributed by atoms with Gasteiger partial charge in [-0.25, -0.2) is 0 Å². The Kier molecular flexibility index (Phi) is 4.27. The van der Waals surface area contributed by atoms with E-state index in [-0.39, 0.29) is 18.7 Å². The zero-order valence-electron chi connectivity index (χ0n) is 16.2. The van der Waals surface area contributed by atoms with Gasteiger partial charge in [0.05, 0.1) is 22.5 Å². The van der Waals surface area contributed by atoms with Crippen molar-refractivity contribution in [3.05, 3.63) is 58.7 Å². The van der Waals surface area contributed by atoms with Crippen molar-refractivity contribution in [2.24, 2.45) is 0 Å². The first-order valence-corrected chi connectivity index (χ1v) is 9.97. The Bertz CT molecular complexity index is 1110. The van der Waals surface area contributed by atoms with Crippen molar-refractivity contribution in [3.63, 3.8) is 0 Å². The predicted molar refractivity (Wildman–Crippen MR) is 109 cm³/mol. The number of amides is 4. The smallest absolute Gasteiger partial charge is 0.262 e. The van der Waals surface area contributed by atoms with E-state index >= 15 is 0 Å². The van der Waals surface area contributed by atoms with Crippen molar-refractivity contribution >= 4 is 35.0 Å². The third-order valence-electron chi connectivity index (χ3n) is 5.87. The molecular weight excluding hydrogens is 384 g/mol. The van der Waals surface area contributed by atoms with E-state index in [1.54, 1.807) is 12.1 Å². The highest BCUT2D eigenvalue weighted by Crippen LogP contribution is 2.33. The lowest BCUT2D eigenvalue weighted by molar-refractivity contribution is -0.136. The molecule has 2 aromatic carbocycles. The fourth-order valence-corrected chi connectivity index (χ4v) is 4.41. The molecule has 1 unspecified atom stereocenters. The summed E-state index contributed by atoms with van der Waals surface area (Å²) in [5.74, 6) is -1.97. The Morgan fingerprint density at radius 3 is 2.67 bits per heavy atom. The summed E-state index contributed by atoms with van der Waals surface area (Å²) in [7, 11) is 0. The molecular formula is C22H20N4O4. The standard InChI is InChI=1S/C22H20N4O4/c27-17-8-7-16(20(28)25-17)26-21(29)14-5-1-4-13(18(14)22(26)30)11-24-15-6-2-3-12-9-10-23-19(12)15/h1-6,16,23-24H,7-11H2,(H,25,27,28). The van der Waals surface area contributed by atoms with Crippen molar-refractivity contribution in [2.45, 2.75) is 31.8 Å². The summed E-state index contributed by atoms with van der Waals surface area (Å²) in [6.45, 7) is 1.26. The van der Waals surface area contributed by atoms with Crippen LogP contribution in [0.25, 0.3) is 0 Å². The molecule has 0 aromatic heterocycles. The molecule has 3 N–H and O–H groups in total. The molecule has 1 atom stereocenters. The Morgan fingerprint density at radius 1 is 1.00 bits per heavy atom. The van der Waals surface area contributed by atoms with E-state index in [0.717, 1.165) is 29.2 Å². The lowest BCUT2D eigenvalue weighted by atomic mass is 10.0. The molecule has 0 aliphatic carbocycles. The molecule has 0 saturated carbocycles. The number of carbonyl (C=O) groups is 4. The summed E-state index contributed by atoms with van der Waals surface area (Å²) in [4.78, 5) is 50.8. The van der Waals surface area contributed by atoms with E-state index in [9.17, 15) is 19.2 Å². The fourth-order valence-electron chi connectivity index (χ4n) is 4.41. The van der Waals surface area contributed by atoms with Crippen LogP contribution in [0.1, 0.15) is 44.7 Å². The third kappa shape index (κ3) is 2.83. The van der Waals surface area contributed by atoms with Gasteiger partial charge in [-0.15, -0.1) is 0 Å². The van der Waals surface area contributed by atoms with Gasteiger partial charge >= 0.3 is 0 Å². The highest BCUT2D eigenvalue weighted by atomic mass is 16.2. The van der Waals surface area contributed by atoms with Gasteiger partial charge in [-0.3, -0.25) is 29.4 Å². The van der Waals surface area contributed by atoms with E-state index < -0.39 is 23.8 Å². The second-order valence-electron chi connectivity index (χ2n) is 7.66. The second-order valence-corrected chi connectivity index (χ2v) is 7.66. The molecule has 4 amide bonds. The fraction of sp³-hybridized carbons (Fsp3) is 0.273. The summed E-state index contributed by atoms with van der Waals surface area (Å²) in [5, 5.41) is 8.95.